The van der Waals surface area contributed by atoms with E-state index < -0.39 is 0 Å². The number of anilines is 1. The summed E-state index contributed by atoms with van der Waals surface area (Å²) in [6, 6.07) is 6.06. The Labute approximate surface area is 105 Å². The zero-order chi connectivity index (χ0) is 12.3. The van der Waals surface area contributed by atoms with Crippen molar-refractivity contribution in [1.29, 1.82) is 0 Å². The van der Waals surface area contributed by atoms with Crippen molar-refractivity contribution in [3.63, 3.8) is 0 Å². The minimum Gasteiger partial charge on any atom is -0.496 e. The number of methoxy groups -OCH3 is 1. The Hall–Kier alpha value is -1.81. The molecule has 3 nitrogen and oxygen atoms in total. The lowest BCUT2D eigenvalue weighted by atomic mass is 10.1. The van der Waals surface area contributed by atoms with Crippen LogP contribution in [0.25, 0.3) is 12.2 Å². The van der Waals surface area contributed by atoms with Gasteiger partial charge in [-0.2, -0.15) is 0 Å². The largest absolute Gasteiger partial charge is 0.496 e. The second-order valence-corrected chi connectivity index (χ2v) is 4.58. The number of aromatic nitrogens is 1. The number of rotatable bonds is 3. The van der Waals surface area contributed by atoms with Crippen molar-refractivity contribution in [3.8, 4) is 5.75 Å². The molecule has 4 heteroatoms. The van der Waals surface area contributed by atoms with Crippen molar-refractivity contribution in [2.45, 2.75) is 6.92 Å². The maximum Gasteiger partial charge on any atom is 0.180 e. The summed E-state index contributed by atoms with van der Waals surface area (Å²) in [6.07, 6.45) is 3.92. The summed E-state index contributed by atoms with van der Waals surface area (Å²) in [5, 5.41) is 2.51. The number of aryl methyl sites for hydroxylation is 1. The average Bonchev–Trinajstić information content (AvgIpc) is 2.73. The second kappa shape index (κ2) is 5.01. The van der Waals surface area contributed by atoms with E-state index in [1.54, 1.807) is 7.11 Å². The number of nitrogens with zero attached hydrogens (tertiary/aromatic N) is 1. The smallest absolute Gasteiger partial charge is 0.180 e. The van der Waals surface area contributed by atoms with Crippen LogP contribution in [0.5, 0.6) is 5.75 Å². The predicted molar refractivity (Wildman–Crippen MR) is 73.2 cm³/mol. The SMILES string of the molecule is COc1ccc(C)cc1C=Cc1csc(N)n1. The van der Waals surface area contributed by atoms with Gasteiger partial charge in [-0.25, -0.2) is 4.98 Å². The average molecular weight is 246 g/mol. The quantitative estimate of drug-likeness (QED) is 0.904. The van der Waals surface area contributed by atoms with Gasteiger partial charge in [0.15, 0.2) is 5.13 Å². The van der Waals surface area contributed by atoms with E-state index in [1.807, 2.05) is 29.7 Å². The molecular formula is C13H14N2OS. The lowest BCUT2D eigenvalue weighted by molar-refractivity contribution is 0.414. The Bertz CT molecular complexity index is 546. The number of thiazole rings is 1. The molecule has 0 spiro atoms. The highest BCUT2D eigenvalue weighted by Crippen LogP contribution is 2.22. The molecule has 1 aromatic heterocycles. The summed E-state index contributed by atoms with van der Waals surface area (Å²) in [6.45, 7) is 2.05. The van der Waals surface area contributed by atoms with E-state index in [4.69, 9.17) is 10.5 Å². The van der Waals surface area contributed by atoms with Gasteiger partial charge in [0, 0.05) is 10.9 Å². The van der Waals surface area contributed by atoms with Crippen molar-refractivity contribution in [2.24, 2.45) is 0 Å². The fourth-order valence-corrected chi connectivity index (χ4v) is 2.07. The lowest BCUT2D eigenvalue weighted by Gasteiger charge is -2.05. The van der Waals surface area contributed by atoms with E-state index in [9.17, 15) is 0 Å². The number of ether oxygens (including phenoxy) is 1. The van der Waals surface area contributed by atoms with Crippen LogP contribution in [0.15, 0.2) is 23.6 Å². The second-order valence-electron chi connectivity index (χ2n) is 3.69. The molecule has 0 saturated heterocycles. The van der Waals surface area contributed by atoms with E-state index >= 15 is 0 Å². The standard InChI is InChI=1S/C13H14N2OS/c1-9-3-6-12(16-2)10(7-9)4-5-11-8-17-13(14)15-11/h3-8H,1-2H3,(H2,14,15). The molecule has 0 fully saturated rings. The fourth-order valence-electron chi connectivity index (χ4n) is 1.54. The van der Waals surface area contributed by atoms with Crippen LogP contribution >= 0.6 is 11.3 Å². The highest BCUT2D eigenvalue weighted by Gasteiger charge is 2.00. The summed E-state index contributed by atoms with van der Waals surface area (Å²) in [7, 11) is 1.67. The van der Waals surface area contributed by atoms with Crippen molar-refractivity contribution < 1.29 is 4.74 Å². The summed E-state index contributed by atoms with van der Waals surface area (Å²) >= 11 is 1.44. The van der Waals surface area contributed by atoms with Crippen molar-refractivity contribution in [2.75, 3.05) is 12.8 Å². The minimum absolute atomic E-state index is 0.584. The Morgan fingerprint density at radius 3 is 2.82 bits per heavy atom. The molecule has 17 heavy (non-hydrogen) atoms. The van der Waals surface area contributed by atoms with Gasteiger partial charge in [0.1, 0.15) is 5.75 Å². The van der Waals surface area contributed by atoms with E-state index in [0.29, 0.717) is 5.13 Å². The molecule has 1 aromatic carbocycles. The molecule has 0 saturated carbocycles. The van der Waals surface area contributed by atoms with E-state index in [0.717, 1.165) is 17.0 Å². The molecule has 0 aliphatic carbocycles. The summed E-state index contributed by atoms with van der Waals surface area (Å²) in [5.74, 6) is 0.857. The van der Waals surface area contributed by atoms with Gasteiger partial charge in [-0.15, -0.1) is 11.3 Å². The Balaban J connectivity index is 2.28. The van der Waals surface area contributed by atoms with Gasteiger partial charge < -0.3 is 10.5 Å². The zero-order valence-corrected chi connectivity index (χ0v) is 10.6. The zero-order valence-electron chi connectivity index (χ0n) is 9.81. The Kier molecular flexibility index (Phi) is 3.44. The molecule has 0 bridgehead atoms. The summed E-state index contributed by atoms with van der Waals surface area (Å²) in [5.41, 5.74) is 8.69. The molecule has 2 rings (SSSR count). The van der Waals surface area contributed by atoms with Crippen LogP contribution in [-0.4, -0.2) is 12.1 Å². The molecule has 0 aliphatic heterocycles. The van der Waals surface area contributed by atoms with Crippen LogP contribution in [0, 0.1) is 6.92 Å². The van der Waals surface area contributed by atoms with E-state index in [2.05, 4.69) is 18.0 Å². The van der Waals surface area contributed by atoms with E-state index in [1.165, 1.54) is 16.9 Å². The van der Waals surface area contributed by atoms with Crippen LogP contribution in [0.3, 0.4) is 0 Å². The van der Waals surface area contributed by atoms with Crippen LogP contribution < -0.4 is 10.5 Å². The van der Waals surface area contributed by atoms with Gasteiger partial charge >= 0.3 is 0 Å². The van der Waals surface area contributed by atoms with Crippen LogP contribution in [0.2, 0.25) is 0 Å². The maximum absolute atomic E-state index is 5.58. The number of benzene rings is 1. The first-order valence-corrected chi connectivity index (χ1v) is 6.11. The third-order valence-corrected chi connectivity index (χ3v) is 3.05. The molecule has 2 aromatic rings. The van der Waals surface area contributed by atoms with Gasteiger partial charge in [-0.05, 0) is 31.2 Å². The minimum atomic E-state index is 0.584. The number of hydrogen-bond acceptors (Lipinski definition) is 4. The molecule has 0 aliphatic rings. The monoisotopic (exact) mass is 246 g/mol. The summed E-state index contributed by atoms with van der Waals surface area (Å²) < 4.78 is 5.30. The molecule has 2 N–H and O–H groups in total. The van der Waals surface area contributed by atoms with Gasteiger partial charge in [0.2, 0.25) is 0 Å². The Morgan fingerprint density at radius 2 is 2.18 bits per heavy atom. The first-order chi connectivity index (χ1) is 8.19. The molecule has 0 amide bonds. The fraction of sp³-hybridized carbons (Fsp3) is 0.154. The molecule has 0 radical (unpaired) electrons. The summed E-state index contributed by atoms with van der Waals surface area (Å²) in [4.78, 5) is 4.17. The van der Waals surface area contributed by atoms with Crippen LogP contribution in [0.4, 0.5) is 5.13 Å². The third kappa shape index (κ3) is 2.85. The predicted octanol–water partition coefficient (Wildman–Crippen LogP) is 3.21. The first kappa shape index (κ1) is 11.7. The Morgan fingerprint density at radius 1 is 1.35 bits per heavy atom. The number of hydrogen-bond donors (Lipinski definition) is 1. The van der Waals surface area contributed by atoms with Gasteiger partial charge in [0.05, 0.1) is 12.8 Å². The van der Waals surface area contributed by atoms with E-state index in [-0.39, 0.29) is 0 Å². The third-order valence-electron chi connectivity index (χ3n) is 2.36. The molecule has 1 heterocycles. The van der Waals surface area contributed by atoms with Gasteiger partial charge in [-0.3, -0.25) is 0 Å². The van der Waals surface area contributed by atoms with Crippen molar-refractivity contribution >= 4 is 28.6 Å². The normalized spacial score (nSPS) is 10.9. The highest BCUT2D eigenvalue weighted by atomic mass is 32.1. The number of nitrogen functional groups attached to an aromatic ring is 1. The van der Waals surface area contributed by atoms with Gasteiger partial charge in [-0.1, -0.05) is 11.6 Å². The van der Waals surface area contributed by atoms with Crippen LogP contribution in [-0.2, 0) is 0 Å². The maximum atomic E-state index is 5.58. The van der Waals surface area contributed by atoms with Crippen LogP contribution in [0.1, 0.15) is 16.8 Å². The first-order valence-electron chi connectivity index (χ1n) is 5.23. The number of nitrogens with two attached hydrogens (primary N) is 1. The molecule has 0 unspecified atom stereocenters. The molecule has 88 valence electrons. The molecular weight excluding hydrogens is 232 g/mol. The van der Waals surface area contributed by atoms with Crippen molar-refractivity contribution in [1.82, 2.24) is 4.98 Å². The highest BCUT2D eigenvalue weighted by molar-refractivity contribution is 7.13. The molecule has 0 atom stereocenters. The topological polar surface area (TPSA) is 48.1 Å². The van der Waals surface area contributed by atoms with Gasteiger partial charge in [0.25, 0.3) is 0 Å². The van der Waals surface area contributed by atoms with Crippen molar-refractivity contribution in [3.05, 3.63) is 40.4 Å². The lowest BCUT2D eigenvalue weighted by Crippen LogP contribution is -1.87.